The molecule has 3 aromatic carbocycles. The van der Waals surface area contributed by atoms with Gasteiger partial charge in [-0.3, -0.25) is 4.98 Å². The molecule has 0 amide bonds. The molecule has 4 nitrogen and oxygen atoms in total. The molecule has 142 valence electrons. The van der Waals surface area contributed by atoms with Gasteiger partial charge >= 0.3 is 0 Å². The van der Waals surface area contributed by atoms with E-state index < -0.39 is 0 Å². The summed E-state index contributed by atoms with van der Waals surface area (Å²) in [5, 5.41) is 11.7. The van der Waals surface area contributed by atoms with Crippen molar-refractivity contribution >= 4 is 57.0 Å². The molecule has 4 N–H and O–H groups in total. The van der Waals surface area contributed by atoms with Crippen molar-refractivity contribution in [3.63, 3.8) is 0 Å². The first-order valence-electron chi connectivity index (χ1n) is 8.83. The first-order valence-corrected chi connectivity index (χ1v) is 9.24. The number of benzene rings is 3. The van der Waals surface area contributed by atoms with E-state index in [0.29, 0.717) is 11.7 Å². The first-order chi connectivity index (χ1) is 13.2. The molecule has 0 aliphatic rings. The Kier molecular flexibility index (Phi) is 6.41. The molecule has 0 saturated carbocycles. The van der Waals surface area contributed by atoms with Gasteiger partial charge in [0.05, 0.1) is 6.04 Å². The number of hydrogen-bond donors (Lipinski definition) is 3. The molecule has 0 spiro atoms. The molecule has 1 unspecified atom stereocenters. The van der Waals surface area contributed by atoms with Crippen molar-refractivity contribution in [2.75, 3.05) is 11.9 Å². The van der Waals surface area contributed by atoms with E-state index in [4.69, 9.17) is 18.0 Å². The number of halogens is 1. The van der Waals surface area contributed by atoms with Gasteiger partial charge < -0.3 is 16.4 Å². The number of aromatic nitrogens is 1. The zero-order valence-corrected chi connectivity index (χ0v) is 16.8. The summed E-state index contributed by atoms with van der Waals surface area (Å²) in [6.07, 6.45) is 3.63. The molecular weight excluding hydrogens is 388 g/mol. The summed E-state index contributed by atoms with van der Waals surface area (Å²) >= 11 is 5.53. The van der Waals surface area contributed by atoms with Gasteiger partial charge in [0, 0.05) is 30.0 Å². The lowest BCUT2D eigenvalue weighted by Gasteiger charge is -2.21. The number of hydrogen-bond acceptors (Lipinski definition) is 3. The highest BCUT2D eigenvalue weighted by Gasteiger charge is 2.14. The van der Waals surface area contributed by atoms with Crippen molar-refractivity contribution < 1.29 is 0 Å². The van der Waals surface area contributed by atoms with Crippen LogP contribution >= 0.6 is 24.6 Å². The maximum absolute atomic E-state index is 6.06. The topological polar surface area (TPSA) is 63.0 Å². The quantitative estimate of drug-likeness (QED) is 0.423. The predicted octanol–water partition coefficient (Wildman–Crippen LogP) is 4.80. The fraction of sp³-hybridized carbons (Fsp3) is 0.0909. The number of pyridine rings is 1. The molecular formula is C22H21ClN4S. The third-order valence-corrected chi connectivity index (χ3v) is 4.86. The molecule has 28 heavy (non-hydrogen) atoms. The molecule has 4 rings (SSSR count). The number of nitrogens with two attached hydrogens (primary N) is 1. The Balaban J connectivity index is 0.00000225. The Labute approximate surface area is 175 Å². The van der Waals surface area contributed by atoms with Crippen molar-refractivity contribution in [2.24, 2.45) is 5.73 Å². The van der Waals surface area contributed by atoms with Crippen LogP contribution in [0.1, 0.15) is 11.6 Å². The Hall–Kier alpha value is -2.73. The summed E-state index contributed by atoms with van der Waals surface area (Å²) in [6, 6.07) is 22.5. The summed E-state index contributed by atoms with van der Waals surface area (Å²) in [5.41, 5.74) is 8.13. The average molecular weight is 409 g/mol. The number of nitrogens with zero attached hydrogens (tertiary/aromatic N) is 1. The highest BCUT2D eigenvalue weighted by molar-refractivity contribution is 7.80. The van der Waals surface area contributed by atoms with Gasteiger partial charge in [0.25, 0.3) is 0 Å². The summed E-state index contributed by atoms with van der Waals surface area (Å²) < 4.78 is 0. The van der Waals surface area contributed by atoms with Crippen molar-refractivity contribution in [2.45, 2.75) is 6.04 Å². The van der Waals surface area contributed by atoms with Gasteiger partial charge in [-0.05, 0) is 52.1 Å². The van der Waals surface area contributed by atoms with Gasteiger partial charge in [0.1, 0.15) is 0 Å². The van der Waals surface area contributed by atoms with Gasteiger partial charge in [-0.2, -0.15) is 0 Å². The van der Waals surface area contributed by atoms with Crippen LogP contribution in [0.15, 0.2) is 79.1 Å². The molecule has 1 heterocycles. The van der Waals surface area contributed by atoms with E-state index in [1.807, 2.05) is 36.5 Å². The normalized spacial score (nSPS) is 11.6. The van der Waals surface area contributed by atoms with E-state index in [9.17, 15) is 0 Å². The second kappa shape index (κ2) is 8.97. The maximum Gasteiger partial charge on any atom is 0.171 e. The Morgan fingerprint density at radius 2 is 1.79 bits per heavy atom. The number of anilines is 1. The van der Waals surface area contributed by atoms with Crippen LogP contribution in [0.3, 0.4) is 0 Å². The Morgan fingerprint density at radius 1 is 0.964 bits per heavy atom. The minimum Gasteiger partial charge on any atom is -0.354 e. The van der Waals surface area contributed by atoms with Crippen LogP contribution < -0.4 is 16.4 Å². The second-order valence-corrected chi connectivity index (χ2v) is 6.80. The summed E-state index contributed by atoms with van der Waals surface area (Å²) in [7, 11) is 0. The third kappa shape index (κ3) is 4.22. The lowest BCUT2D eigenvalue weighted by atomic mass is 9.99. The van der Waals surface area contributed by atoms with Crippen molar-refractivity contribution in [3.05, 3.63) is 84.7 Å². The predicted molar refractivity (Wildman–Crippen MR) is 124 cm³/mol. The van der Waals surface area contributed by atoms with Gasteiger partial charge in [0.2, 0.25) is 0 Å². The molecule has 0 fully saturated rings. The monoisotopic (exact) mass is 408 g/mol. The SMILES string of the molecule is Cl.NCC(NC(=S)Nc1ccc2cnccc2c1)c1cccc2ccccc12. The minimum atomic E-state index is -0.0687. The zero-order chi connectivity index (χ0) is 18.6. The van der Waals surface area contributed by atoms with Gasteiger partial charge in [0.15, 0.2) is 5.11 Å². The van der Waals surface area contributed by atoms with Crippen LogP contribution in [-0.4, -0.2) is 16.6 Å². The standard InChI is InChI=1S/C22H20N4S.ClH/c23-13-21(20-7-3-5-15-4-1-2-6-19(15)20)26-22(27)25-18-9-8-17-14-24-11-10-16(17)12-18;/h1-12,14,21H,13,23H2,(H2,25,26,27);1H. The summed E-state index contributed by atoms with van der Waals surface area (Å²) in [6.45, 7) is 0.444. The highest BCUT2D eigenvalue weighted by Crippen LogP contribution is 2.24. The molecule has 0 saturated heterocycles. The van der Waals surface area contributed by atoms with Crippen molar-refractivity contribution in [1.82, 2.24) is 10.3 Å². The van der Waals surface area contributed by atoms with Gasteiger partial charge in [-0.15, -0.1) is 12.4 Å². The van der Waals surface area contributed by atoms with Crippen LogP contribution in [0, 0.1) is 0 Å². The molecule has 0 aliphatic heterocycles. The average Bonchev–Trinajstić information content (AvgIpc) is 2.71. The van der Waals surface area contributed by atoms with E-state index in [2.05, 4.69) is 52.0 Å². The minimum absolute atomic E-state index is 0. The largest absolute Gasteiger partial charge is 0.354 e. The molecule has 6 heteroatoms. The van der Waals surface area contributed by atoms with E-state index >= 15 is 0 Å². The Morgan fingerprint density at radius 3 is 2.64 bits per heavy atom. The molecule has 0 aliphatic carbocycles. The van der Waals surface area contributed by atoms with Crippen LogP contribution in [0.2, 0.25) is 0 Å². The fourth-order valence-electron chi connectivity index (χ4n) is 3.30. The number of thiocarbonyl (C=S) groups is 1. The highest BCUT2D eigenvalue weighted by atomic mass is 35.5. The summed E-state index contributed by atoms with van der Waals surface area (Å²) in [4.78, 5) is 4.14. The lowest BCUT2D eigenvalue weighted by molar-refractivity contribution is 0.667. The van der Waals surface area contributed by atoms with Gasteiger partial charge in [-0.25, -0.2) is 0 Å². The smallest absolute Gasteiger partial charge is 0.171 e. The lowest BCUT2D eigenvalue weighted by Crippen LogP contribution is -2.36. The van der Waals surface area contributed by atoms with E-state index in [-0.39, 0.29) is 18.4 Å². The van der Waals surface area contributed by atoms with Crippen LogP contribution in [0.4, 0.5) is 5.69 Å². The Bertz CT molecular complexity index is 1110. The molecule has 4 aromatic rings. The van der Waals surface area contributed by atoms with E-state index in [1.165, 1.54) is 10.8 Å². The molecule has 1 aromatic heterocycles. The van der Waals surface area contributed by atoms with Crippen LogP contribution in [0.25, 0.3) is 21.5 Å². The second-order valence-electron chi connectivity index (χ2n) is 6.39. The van der Waals surface area contributed by atoms with Crippen LogP contribution in [-0.2, 0) is 0 Å². The molecule has 1 atom stereocenters. The van der Waals surface area contributed by atoms with E-state index in [1.54, 1.807) is 6.20 Å². The van der Waals surface area contributed by atoms with Crippen molar-refractivity contribution in [1.29, 1.82) is 0 Å². The number of rotatable bonds is 4. The number of fused-ring (bicyclic) bond motifs is 2. The van der Waals surface area contributed by atoms with E-state index in [0.717, 1.165) is 22.0 Å². The van der Waals surface area contributed by atoms with Gasteiger partial charge in [-0.1, -0.05) is 48.5 Å². The van der Waals surface area contributed by atoms with Crippen LogP contribution in [0.5, 0.6) is 0 Å². The maximum atomic E-state index is 6.06. The number of nitrogens with one attached hydrogen (secondary N) is 2. The van der Waals surface area contributed by atoms with Crippen molar-refractivity contribution in [3.8, 4) is 0 Å². The fourth-order valence-corrected chi connectivity index (χ4v) is 3.56. The summed E-state index contributed by atoms with van der Waals surface area (Å²) in [5.74, 6) is 0. The zero-order valence-electron chi connectivity index (χ0n) is 15.1. The molecule has 0 bridgehead atoms. The first kappa shape index (κ1) is 20.0. The third-order valence-electron chi connectivity index (χ3n) is 4.64. The molecule has 0 radical (unpaired) electrons.